The predicted molar refractivity (Wildman–Crippen MR) is 311 cm³/mol. The van der Waals surface area contributed by atoms with Gasteiger partial charge in [-0.2, -0.15) is 0 Å². The van der Waals surface area contributed by atoms with E-state index in [9.17, 15) is 14.4 Å². The van der Waals surface area contributed by atoms with Crippen LogP contribution in [0.5, 0.6) is 0 Å². The van der Waals surface area contributed by atoms with Gasteiger partial charge in [-0.05, 0) is 70.6 Å². The Kier molecular flexibility index (Phi) is 57.8. The summed E-state index contributed by atoms with van der Waals surface area (Å²) in [6.07, 6.45) is 77.9. The first-order valence-electron chi connectivity index (χ1n) is 30.9. The quantitative estimate of drug-likeness (QED) is 0.0261. The Morgan fingerprint density at radius 1 is 0.292 bits per heavy atom. The summed E-state index contributed by atoms with van der Waals surface area (Å²) in [7, 11) is 0. The molecule has 0 heterocycles. The average Bonchev–Trinajstić information content (AvgIpc) is 3.38. The molecule has 0 spiro atoms. The molecule has 0 rings (SSSR count). The van der Waals surface area contributed by atoms with Gasteiger partial charge in [0.2, 0.25) is 0 Å². The standard InChI is InChI=1S/C66H116O6/c1-4-7-10-13-16-18-20-22-24-26-28-30-32-34-35-37-39-41-43-45-47-50-53-56-59-65(68)71-62-63(61-70-64(67)58-55-52-49-15-12-9-6-3)72-66(69)60-57-54-51-48-46-44-42-40-38-36-33-31-29-27-25-23-21-19-17-14-11-8-5-2/h8,11,17,19,23,25,29,31,36,38,42,44,63H,4-7,9-10,12-16,18,20-22,24,26-28,30,32-35,37,39-41,43,45-62H2,1-3H3/b11-8-,19-17-,25-23-,31-29-,38-36-,44-42-. The Balaban J connectivity index is 4.18. The maximum Gasteiger partial charge on any atom is 0.306 e. The topological polar surface area (TPSA) is 78.9 Å². The highest BCUT2D eigenvalue weighted by Gasteiger charge is 2.19. The fraction of sp³-hybridized carbons (Fsp3) is 0.773. The number of hydrogen-bond donors (Lipinski definition) is 0. The molecule has 1 atom stereocenters. The normalized spacial score (nSPS) is 12.5. The smallest absolute Gasteiger partial charge is 0.306 e. The third-order valence-corrected chi connectivity index (χ3v) is 13.5. The van der Waals surface area contributed by atoms with E-state index >= 15 is 0 Å². The van der Waals surface area contributed by atoms with Crippen molar-refractivity contribution in [3.8, 4) is 0 Å². The first kappa shape index (κ1) is 68.8. The molecule has 0 aliphatic rings. The molecule has 0 saturated heterocycles. The number of rotatable bonds is 56. The van der Waals surface area contributed by atoms with Gasteiger partial charge < -0.3 is 14.2 Å². The van der Waals surface area contributed by atoms with Gasteiger partial charge in [-0.1, -0.05) is 293 Å². The van der Waals surface area contributed by atoms with Gasteiger partial charge >= 0.3 is 17.9 Å². The second-order valence-electron chi connectivity index (χ2n) is 20.6. The molecule has 6 nitrogen and oxygen atoms in total. The Morgan fingerprint density at radius 2 is 0.542 bits per heavy atom. The zero-order valence-electron chi connectivity index (χ0n) is 47.7. The van der Waals surface area contributed by atoms with Crippen molar-refractivity contribution in [1.82, 2.24) is 0 Å². The number of carbonyl (C=O) groups excluding carboxylic acids is 3. The molecule has 0 bridgehead atoms. The third-order valence-electron chi connectivity index (χ3n) is 13.5. The molecule has 0 saturated carbocycles. The van der Waals surface area contributed by atoms with Crippen LogP contribution in [-0.4, -0.2) is 37.2 Å². The molecule has 6 heteroatoms. The Bertz CT molecular complexity index is 1340. The Labute approximate surface area is 446 Å². The largest absolute Gasteiger partial charge is 0.462 e. The van der Waals surface area contributed by atoms with Crippen LogP contribution in [0.1, 0.15) is 310 Å². The van der Waals surface area contributed by atoms with Gasteiger partial charge in [0.05, 0.1) is 0 Å². The van der Waals surface area contributed by atoms with E-state index in [1.165, 1.54) is 161 Å². The molecule has 1 unspecified atom stereocenters. The minimum absolute atomic E-state index is 0.0827. The van der Waals surface area contributed by atoms with Crippen molar-refractivity contribution < 1.29 is 28.6 Å². The number of unbranched alkanes of at least 4 members (excludes halogenated alkanes) is 33. The molecule has 0 fully saturated rings. The zero-order valence-corrected chi connectivity index (χ0v) is 47.7. The minimum Gasteiger partial charge on any atom is -0.462 e. The van der Waals surface area contributed by atoms with Crippen molar-refractivity contribution in [2.75, 3.05) is 13.2 Å². The molecular formula is C66H116O6. The van der Waals surface area contributed by atoms with Crippen LogP contribution in [0.15, 0.2) is 72.9 Å². The monoisotopic (exact) mass is 1000 g/mol. The van der Waals surface area contributed by atoms with Gasteiger partial charge in [0, 0.05) is 19.3 Å². The summed E-state index contributed by atoms with van der Waals surface area (Å²) in [6.45, 7) is 6.50. The van der Waals surface area contributed by atoms with E-state index in [1.54, 1.807) is 0 Å². The van der Waals surface area contributed by atoms with Crippen LogP contribution >= 0.6 is 0 Å². The lowest BCUT2D eigenvalue weighted by Crippen LogP contribution is -2.30. The molecule has 72 heavy (non-hydrogen) atoms. The summed E-state index contributed by atoms with van der Waals surface area (Å²) in [4.78, 5) is 38.0. The number of carbonyl (C=O) groups is 3. The first-order chi connectivity index (χ1) is 35.5. The highest BCUT2D eigenvalue weighted by Crippen LogP contribution is 2.17. The number of hydrogen-bond acceptors (Lipinski definition) is 6. The number of allylic oxidation sites excluding steroid dienone is 12. The van der Waals surface area contributed by atoms with Crippen molar-refractivity contribution in [3.05, 3.63) is 72.9 Å². The second kappa shape index (κ2) is 60.4. The SMILES string of the molecule is CC/C=C\C/C=C\C/C=C\C/C=C\C/C=C\C/C=C\CCCCCCC(=O)OC(COC(=O)CCCCCCCCC)COC(=O)CCCCCCCCCCCCCCCCCCCCCCCCCC. The molecular weight excluding hydrogens is 889 g/mol. The predicted octanol–water partition coefficient (Wildman–Crippen LogP) is 20.9. The van der Waals surface area contributed by atoms with Crippen molar-refractivity contribution in [2.24, 2.45) is 0 Å². The summed E-state index contributed by atoms with van der Waals surface area (Å²) >= 11 is 0. The van der Waals surface area contributed by atoms with Crippen LogP contribution in [0.4, 0.5) is 0 Å². The Morgan fingerprint density at radius 3 is 0.847 bits per heavy atom. The number of ether oxygens (including phenoxy) is 3. The lowest BCUT2D eigenvalue weighted by atomic mass is 10.0. The summed E-state index contributed by atoms with van der Waals surface area (Å²) in [6, 6.07) is 0. The lowest BCUT2D eigenvalue weighted by Gasteiger charge is -2.18. The summed E-state index contributed by atoms with van der Waals surface area (Å²) in [5.74, 6) is -0.902. The molecule has 0 radical (unpaired) electrons. The Hall–Kier alpha value is -3.15. The lowest BCUT2D eigenvalue weighted by molar-refractivity contribution is -0.167. The van der Waals surface area contributed by atoms with Gasteiger partial charge in [-0.15, -0.1) is 0 Å². The van der Waals surface area contributed by atoms with Crippen molar-refractivity contribution >= 4 is 17.9 Å². The van der Waals surface area contributed by atoms with E-state index in [-0.39, 0.29) is 31.1 Å². The molecule has 0 aromatic carbocycles. The highest BCUT2D eigenvalue weighted by atomic mass is 16.6. The van der Waals surface area contributed by atoms with E-state index in [0.29, 0.717) is 19.3 Å². The van der Waals surface area contributed by atoms with Gasteiger partial charge in [0.1, 0.15) is 13.2 Å². The fourth-order valence-corrected chi connectivity index (χ4v) is 8.86. The third kappa shape index (κ3) is 57.7. The first-order valence-corrected chi connectivity index (χ1v) is 30.9. The van der Waals surface area contributed by atoms with Gasteiger partial charge in [0.15, 0.2) is 6.10 Å². The van der Waals surface area contributed by atoms with Gasteiger partial charge in [-0.3, -0.25) is 14.4 Å². The van der Waals surface area contributed by atoms with Crippen LogP contribution in [0.2, 0.25) is 0 Å². The zero-order chi connectivity index (χ0) is 52.2. The molecule has 0 amide bonds. The van der Waals surface area contributed by atoms with Crippen molar-refractivity contribution in [3.63, 3.8) is 0 Å². The van der Waals surface area contributed by atoms with Crippen LogP contribution in [0.3, 0.4) is 0 Å². The average molecular weight is 1010 g/mol. The highest BCUT2D eigenvalue weighted by molar-refractivity contribution is 5.71. The molecule has 0 aromatic rings. The molecule has 416 valence electrons. The maximum atomic E-state index is 12.8. The summed E-state index contributed by atoms with van der Waals surface area (Å²) in [5, 5.41) is 0. The fourth-order valence-electron chi connectivity index (χ4n) is 8.86. The van der Waals surface area contributed by atoms with E-state index in [4.69, 9.17) is 14.2 Å². The second-order valence-corrected chi connectivity index (χ2v) is 20.6. The van der Waals surface area contributed by atoms with E-state index < -0.39 is 6.10 Å². The van der Waals surface area contributed by atoms with Crippen molar-refractivity contribution in [2.45, 2.75) is 316 Å². The molecule has 0 aliphatic heterocycles. The minimum atomic E-state index is -0.785. The van der Waals surface area contributed by atoms with Crippen molar-refractivity contribution in [1.29, 1.82) is 0 Å². The molecule has 0 N–H and O–H groups in total. The van der Waals surface area contributed by atoms with Crippen LogP contribution in [-0.2, 0) is 28.6 Å². The maximum absolute atomic E-state index is 12.8. The van der Waals surface area contributed by atoms with Crippen LogP contribution < -0.4 is 0 Å². The van der Waals surface area contributed by atoms with Gasteiger partial charge in [-0.25, -0.2) is 0 Å². The summed E-state index contributed by atoms with van der Waals surface area (Å²) < 4.78 is 16.8. The number of esters is 3. The van der Waals surface area contributed by atoms with Crippen LogP contribution in [0, 0.1) is 0 Å². The molecule has 0 aromatic heterocycles. The molecule has 0 aliphatic carbocycles. The van der Waals surface area contributed by atoms with Crippen LogP contribution in [0.25, 0.3) is 0 Å². The van der Waals surface area contributed by atoms with E-state index in [0.717, 1.165) is 109 Å². The van der Waals surface area contributed by atoms with E-state index in [1.807, 2.05) is 0 Å². The summed E-state index contributed by atoms with van der Waals surface area (Å²) in [5.41, 5.74) is 0. The van der Waals surface area contributed by atoms with Gasteiger partial charge in [0.25, 0.3) is 0 Å². The van der Waals surface area contributed by atoms with E-state index in [2.05, 4.69) is 93.7 Å².